The molecule has 0 radical (unpaired) electrons. The van der Waals surface area contributed by atoms with Crippen LogP contribution in [0.3, 0.4) is 0 Å². The van der Waals surface area contributed by atoms with Crippen LogP contribution in [0.15, 0.2) is 162 Å². The Kier molecular flexibility index (Phi) is 7.03. The lowest BCUT2D eigenvalue weighted by molar-refractivity contribution is 0.599. The molecule has 0 spiro atoms. The zero-order chi connectivity index (χ0) is 40.7. The molecule has 12 rings (SSSR count). The molecule has 0 atom stereocenters. The average molecular weight is 777 g/mol. The average Bonchev–Trinajstić information content (AvgIpc) is 3.84. The molecule has 0 amide bonds. The number of anilines is 6. The number of hydrogen-bond donors (Lipinski definition) is 0. The molecule has 0 bridgehead atoms. The molecule has 290 valence electrons. The van der Waals surface area contributed by atoms with E-state index in [2.05, 4.69) is 203 Å². The highest BCUT2D eigenvalue weighted by molar-refractivity contribution is 6.20. The van der Waals surface area contributed by atoms with Crippen LogP contribution in [-0.4, -0.2) is 9.97 Å². The van der Waals surface area contributed by atoms with E-state index in [1.165, 1.54) is 50.3 Å². The Morgan fingerprint density at radius 3 is 1.65 bits per heavy atom. The Morgan fingerprint density at radius 1 is 0.483 bits per heavy atom. The van der Waals surface area contributed by atoms with Crippen LogP contribution < -0.4 is 9.80 Å². The molecule has 0 saturated heterocycles. The van der Waals surface area contributed by atoms with Crippen LogP contribution in [0, 0.1) is 0 Å². The van der Waals surface area contributed by atoms with E-state index in [9.17, 15) is 0 Å². The number of furan rings is 1. The van der Waals surface area contributed by atoms with Crippen LogP contribution in [0.1, 0.15) is 74.9 Å². The molecule has 0 unspecified atom stereocenters. The van der Waals surface area contributed by atoms with Crippen molar-refractivity contribution < 1.29 is 4.42 Å². The van der Waals surface area contributed by atoms with Crippen molar-refractivity contribution in [1.82, 2.24) is 9.97 Å². The standard InChI is InChI=1S/C55H44N4O/c1-53(2)38-24-14-16-26-42(38)59(43-27-17-15-25-39(43)53)36-30-40-50(56-32-36)46-45-37-23-13-18-28-44(37)60-52(45)47-49(48(46)54(40,3)4)55(5,6)41-29-35(31-57-51(41)47)58(33-19-9-7-10-20-33)34-21-11-8-12-22-34/h7-32H,1-6H3. The SMILES string of the molecule is CC1(C)c2ccccc2N(c2cnc3c(c2)C(C)(C)c2c4c(c5oc6ccccc6c5c2-3)-c2ncc(N(c3ccccc3)c3ccccc3)cc2C4(C)C)c2ccccc21. The minimum absolute atomic E-state index is 0.147. The first kappa shape index (κ1) is 35.0. The number of hydrogen-bond acceptors (Lipinski definition) is 5. The third-order valence-corrected chi connectivity index (χ3v) is 13.8. The van der Waals surface area contributed by atoms with Crippen molar-refractivity contribution in [3.63, 3.8) is 0 Å². The summed E-state index contributed by atoms with van der Waals surface area (Å²) in [4.78, 5) is 15.7. The predicted molar refractivity (Wildman–Crippen MR) is 246 cm³/mol. The van der Waals surface area contributed by atoms with Crippen molar-refractivity contribution in [3.8, 4) is 22.5 Å². The van der Waals surface area contributed by atoms with E-state index >= 15 is 0 Å². The molecule has 4 heterocycles. The van der Waals surface area contributed by atoms with Gasteiger partial charge < -0.3 is 14.2 Å². The van der Waals surface area contributed by atoms with Gasteiger partial charge in [0.25, 0.3) is 0 Å². The molecule has 5 nitrogen and oxygen atoms in total. The van der Waals surface area contributed by atoms with Crippen molar-refractivity contribution in [2.24, 2.45) is 0 Å². The number of para-hydroxylation sites is 5. The maximum Gasteiger partial charge on any atom is 0.145 e. The molecule has 6 aromatic carbocycles. The van der Waals surface area contributed by atoms with Gasteiger partial charge in [-0.1, -0.05) is 133 Å². The number of nitrogens with zero attached hydrogens (tertiary/aromatic N) is 4. The Labute approximate surface area is 350 Å². The molecule has 60 heavy (non-hydrogen) atoms. The van der Waals surface area contributed by atoms with Crippen molar-refractivity contribution in [2.45, 2.75) is 57.8 Å². The van der Waals surface area contributed by atoms with E-state index in [4.69, 9.17) is 14.4 Å². The Morgan fingerprint density at radius 2 is 1.00 bits per heavy atom. The highest BCUT2D eigenvalue weighted by Gasteiger charge is 2.50. The van der Waals surface area contributed by atoms with Crippen LogP contribution in [-0.2, 0) is 16.2 Å². The molecule has 9 aromatic rings. The predicted octanol–water partition coefficient (Wildman–Crippen LogP) is 14.6. The largest absolute Gasteiger partial charge is 0.455 e. The summed E-state index contributed by atoms with van der Waals surface area (Å²) < 4.78 is 7.00. The fourth-order valence-corrected chi connectivity index (χ4v) is 11.0. The summed E-state index contributed by atoms with van der Waals surface area (Å²) in [5.41, 5.74) is 19.3. The van der Waals surface area contributed by atoms with Crippen LogP contribution in [0.4, 0.5) is 34.1 Å². The van der Waals surface area contributed by atoms with E-state index < -0.39 is 10.8 Å². The third-order valence-electron chi connectivity index (χ3n) is 13.8. The summed E-state index contributed by atoms with van der Waals surface area (Å²) in [6, 6.07) is 52.1. The maximum absolute atomic E-state index is 7.00. The number of rotatable bonds is 4. The van der Waals surface area contributed by atoms with Crippen molar-refractivity contribution in [3.05, 3.63) is 191 Å². The van der Waals surface area contributed by atoms with E-state index in [1.54, 1.807) is 0 Å². The molecule has 2 aliphatic carbocycles. The highest BCUT2D eigenvalue weighted by Crippen LogP contribution is 2.63. The quantitative estimate of drug-likeness (QED) is 0.178. The second-order valence-electron chi connectivity index (χ2n) is 18.2. The lowest BCUT2D eigenvalue weighted by atomic mass is 9.72. The van der Waals surface area contributed by atoms with Gasteiger partial charge in [0.15, 0.2) is 0 Å². The molecular formula is C55H44N4O. The minimum Gasteiger partial charge on any atom is -0.455 e. The topological polar surface area (TPSA) is 45.4 Å². The molecule has 0 N–H and O–H groups in total. The van der Waals surface area contributed by atoms with Crippen LogP contribution in [0.2, 0.25) is 0 Å². The molecular weight excluding hydrogens is 733 g/mol. The van der Waals surface area contributed by atoms with Crippen LogP contribution >= 0.6 is 0 Å². The summed E-state index contributed by atoms with van der Waals surface area (Å²) in [7, 11) is 0. The first-order valence-electron chi connectivity index (χ1n) is 21.0. The Balaban J connectivity index is 1.10. The second-order valence-corrected chi connectivity index (χ2v) is 18.2. The third kappa shape index (κ3) is 4.52. The van der Waals surface area contributed by atoms with Crippen molar-refractivity contribution in [2.75, 3.05) is 9.80 Å². The zero-order valence-corrected chi connectivity index (χ0v) is 34.7. The lowest BCUT2D eigenvalue weighted by Crippen LogP contribution is -2.30. The van der Waals surface area contributed by atoms with Gasteiger partial charge in [0.1, 0.15) is 11.2 Å². The molecule has 5 heteroatoms. The molecule has 0 fully saturated rings. The molecule has 3 aromatic heterocycles. The molecule has 3 aliphatic rings. The summed E-state index contributed by atoms with van der Waals surface area (Å²) in [6.07, 6.45) is 4.13. The minimum atomic E-state index is -0.414. The van der Waals surface area contributed by atoms with Gasteiger partial charge in [-0.2, -0.15) is 0 Å². The number of aromatic nitrogens is 2. The number of pyridine rings is 2. The van der Waals surface area contributed by atoms with Crippen LogP contribution in [0.5, 0.6) is 0 Å². The fourth-order valence-electron chi connectivity index (χ4n) is 11.0. The van der Waals surface area contributed by atoms with Gasteiger partial charge in [-0.05, 0) is 88.0 Å². The first-order valence-corrected chi connectivity index (χ1v) is 21.0. The van der Waals surface area contributed by atoms with Gasteiger partial charge >= 0.3 is 0 Å². The molecule has 1 aliphatic heterocycles. The van der Waals surface area contributed by atoms with Crippen LogP contribution in [0.25, 0.3) is 44.5 Å². The normalized spacial score (nSPS) is 15.9. The Bertz CT molecular complexity index is 3160. The van der Waals surface area contributed by atoms with Gasteiger partial charge in [0.05, 0.1) is 46.5 Å². The summed E-state index contributed by atoms with van der Waals surface area (Å²) in [6.45, 7) is 14.2. The van der Waals surface area contributed by atoms with E-state index in [-0.39, 0.29) is 5.41 Å². The van der Waals surface area contributed by atoms with Gasteiger partial charge in [0, 0.05) is 49.5 Å². The highest BCUT2D eigenvalue weighted by atomic mass is 16.3. The van der Waals surface area contributed by atoms with Crippen molar-refractivity contribution >= 4 is 56.1 Å². The number of fused-ring (bicyclic) bond motifs is 14. The summed E-state index contributed by atoms with van der Waals surface area (Å²) in [5.74, 6) is 0. The van der Waals surface area contributed by atoms with Gasteiger partial charge in [-0.25, -0.2) is 0 Å². The maximum atomic E-state index is 7.00. The number of benzene rings is 6. The monoisotopic (exact) mass is 776 g/mol. The van der Waals surface area contributed by atoms with Gasteiger partial charge in [-0.15, -0.1) is 0 Å². The van der Waals surface area contributed by atoms with E-state index in [0.717, 1.165) is 61.6 Å². The Hall–Kier alpha value is -6.98. The van der Waals surface area contributed by atoms with E-state index in [1.807, 2.05) is 6.20 Å². The second kappa shape index (κ2) is 12.0. The van der Waals surface area contributed by atoms with Gasteiger partial charge in [-0.3, -0.25) is 9.97 Å². The van der Waals surface area contributed by atoms with Crippen molar-refractivity contribution in [1.29, 1.82) is 0 Å². The smallest absolute Gasteiger partial charge is 0.145 e. The molecule has 0 saturated carbocycles. The van der Waals surface area contributed by atoms with Gasteiger partial charge in [0.2, 0.25) is 0 Å². The summed E-state index contributed by atoms with van der Waals surface area (Å²) >= 11 is 0. The first-order chi connectivity index (χ1) is 29.1. The summed E-state index contributed by atoms with van der Waals surface area (Å²) in [5, 5.41) is 2.22. The lowest BCUT2D eigenvalue weighted by Gasteiger charge is -2.42. The fraction of sp³-hybridized carbons (Fsp3) is 0.164. The zero-order valence-electron chi connectivity index (χ0n) is 34.7. The van der Waals surface area contributed by atoms with E-state index in [0.29, 0.717) is 0 Å².